The van der Waals surface area contributed by atoms with Crippen LogP contribution in [0.25, 0.3) is 0 Å². The van der Waals surface area contributed by atoms with Crippen molar-refractivity contribution >= 4 is 22.0 Å². The molecule has 2 rings (SSSR count). The number of carboxylic acid groups (broad SMARTS) is 1. The number of nitrogens with zero attached hydrogens (tertiary/aromatic N) is 2. The molecule has 17 heavy (non-hydrogen) atoms. The maximum atomic E-state index is 11.1. The van der Waals surface area contributed by atoms with Crippen molar-refractivity contribution in [1.82, 2.24) is 9.88 Å². The van der Waals surface area contributed by atoms with E-state index in [9.17, 15) is 9.90 Å². The van der Waals surface area contributed by atoms with Crippen LogP contribution in [0.15, 0.2) is 22.9 Å². The van der Waals surface area contributed by atoms with Crippen LogP contribution in [0.2, 0.25) is 0 Å². The molecule has 0 aliphatic carbocycles. The third-order valence-corrected chi connectivity index (χ3v) is 3.42. The number of hydrogen-bond donors (Lipinski definition) is 2. The van der Waals surface area contributed by atoms with Gasteiger partial charge in [-0.2, -0.15) is 0 Å². The average Bonchev–Trinajstić information content (AvgIpc) is 2.29. The van der Waals surface area contributed by atoms with Gasteiger partial charge in [-0.3, -0.25) is 0 Å². The number of rotatable bonds is 1. The molecule has 1 fully saturated rings. The maximum Gasteiger partial charge on any atom is 0.407 e. The molecular weight excluding hydrogens is 288 g/mol. The van der Waals surface area contributed by atoms with Gasteiger partial charge in [0.25, 0.3) is 0 Å². The summed E-state index contributed by atoms with van der Waals surface area (Å²) in [6.07, 6.45) is 1.16. The summed E-state index contributed by atoms with van der Waals surface area (Å²) in [5.41, 5.74) is 0.814. The van der Waals surface area contributed by atoms with Crippen molar-refractivity contribution in [2.24, 2.45) is 0 Å². The second-order valence-electron chi connectivity index (χ2n) is 4.08. The highest BCUT2D eigenvalue weighted by atomic mass is 79.9. The number of aliphatic hydroxyl groups is 1. The summed E-state index contributed by atoms with van der Waals surface area (Å²) in [7, 11) is 0. The Bertz CT molecular complexity index is 410. The topological polar surface area (TPSA) is 73.7 Å². The number of pyridine rings is 1. The summed E-state index contributed by atoms with van der Waals surface area (Å²) < 4.78 is 0.708. The first-order valence-corrected chi connectivity index (χ1v) is 6.16. The zero-order chi connectivity index (χ0) is 12.4. The molecule has 1 aromatic rings. The highest BCUT2D eigenvalue weighted by Gasteiger charge is 2.31. The van der Waals surface area contributed by atoms with Gasteiger partial charge in [0.1, 0.15) is 4.60 Å². The molecule has 1 aliphatic rings. The van der Waals surface area contributed by atoms with Gasteiger partial charge in [-0.05, 0) is 40.4 Å². The summed E-state index contributed by atoms with van der Waals surface area (Å²) in [6.45, 7) is 0.358. The van der Waals surface area contributed by atoms with Gasteiger partial charge in [-0.1, -0.05) is 6.07 Å². The molecule has 2 atom stereocenters. The van der Waals surface area contributed by atoms with Crippen LogP contribution in [0.1, 0.15) is 24.4 Å². The fourth-order valence-electron chi connectivity index (χ4n) is 2.08. The lowest BCUT2D eigenvalue weighted by atomic mass is 9.95. The van der Waals surface area contributed by atoms with E-state index in [0.717, 1.165) is 5.56 Å². The van der Waals surface area contributed by atoms with Crippen LogP contribution < -0.4 is 0 Å². The van der Waals surface area contributed by atoms with E-state index in [2.05, 4.69) is 20.9 Å². The number of piperidine rings is 1. The molecule has 0 aromatic carbocycles. The van der Waals surface area contributed by atoms with Crippen LogP contribution >= 0.6 is 15.9 Å². The number of hydrogen-bond acceptors (Lipinski definition) is 3. The van der Waals surface area contributed by atoms with Crippen LogP contribution in [0.5, 0.6) is 0 Å². The number of carbonyl (C=O) groups is 1. The Morgan fingerprint density at radius 2 is 2.29 bits per heavy atom. The first kappa shape index (κ1) is 12.3. The van der Waals surface area contributed by atoms with Crippen molar-refractivity contribution < 1.29 is 15.0 Å². The SMILES string of the molecule is O=C(O)N1CCC(O)CC1c1ccc(Br)nc1. The minimum Gasteiger partial charge on any atom is -0.465 e. The molecule has 0 radical (unpaired) electrons. The molecule has 1 aromatic heterocycles. The van der Waals surface area contributed by atoms with Crippen molar-refractivity contribution in [3.63, 3.8) is 0 Å². The zero-order valence-corrected chi connectivity index (χ0v) is 10.7. The Hall–Kier alpha value is -1.14. The van der Waals surface area contributed by atoms with Gasteiger partial charge in [0, 0.05) is 12.7 Å². The van der Waals surface area contributed by atoms with E-state index in [1.54, 1.807) is 12.3 Å². The Labute approximate surface area is 107 Å². The minimum atomic E-state index is -0.954. The second kappa shape index (κ2) is 5.01. The molecule has 0 spiro atoms. The smallest absolute Gasteiger partial charge is 0.407 e. The Morgan fingerprint density at radius 1 is 1.53 bits per heavy atom. The molecule has 2 unspecified atom stereocenters. The Morgan fingerprint density at radius 3 is 2.88 bits per heavy atom. The fourth-order valence-corrected chi connectivity index (χ4v) is 2.31. The van der Waals surface area contributed by atoms with E-state index in [1.165, 1.54) is 4.90 Å². The summed E-state index contributed by atoms with van der Waals surface area (Å²) in [6, 6.07) is 3.29. The summed E-state index contributed by atoms with van der Waals surface area (Å²) in [5.74, 6) is 0. The quantitative estimate of drug-likeness (QED) is 0.778. The minimum absolute atomic E-state index is 0.308. The molecule has 1 amide bonds. The van der Waals surface area contributed by atoms with Gasteiger partial charge in [0.15, 0.2) is 0 Å². The monoisotopic (exact) mass is 300 g/mol. The predicted molar refractivity (Wildman–Crippen MR) is 64.6 cm³/mol. The summed E-state index contributed by atoms with van der Waals surface area (Å²) in [4.78, 5) is 16.6. The molecule has 0 saturated carbocycles. The van der Waals surface area contributed by atoms with E-state index in [1.807, 2.05) is 6.07 Å². The molecule has 0 bridgehead atoms. The lowest BCUT2D eigenvalue weighted by molar-refractivity contribution is 0.0423. The highest BCUT2D eigenvalue weighted by Crippen LogP contribution is 2.31. The third-order valence-electron chi connectivity index (χ3n) is 2.96. The number of aliphatic hydroxyl groups excluding tert-OH is 1. The molecule has 2 N–H and O–H groups in total. The first-order chi connectivity index (χ1) is 8.08. The number of aromatic nitrogens is 1. The van der Waals surface area contributed by atoms with Crippen molar-refractivity contribution in [3.8, 4) is 0 Å². The summed E-state index contributed by atoms with van der Waals surface area (Å²) in [5, 5.41) is 18.8. The molecule has 92 valence electrons. The molecule has 5 nitrogen and oxygen atoms in total. The average molecular weight is 301 g/mol. The van der Waals surface area contributed by atoms with Gasteiger partial charge in [-0.25, -0.2) is 9.78 Å². The van der Waals surface area contributed by atoms with Crippen molar-refractivity contribution in [1.29, 1.82) is 0 Å². The van der Waals surface area contributed by atoms with Gasteiger partial charge in [0.05, 0.1) is 12.1 Å². The Kier molecular flexibility index (Phi) is 3.63. The van der Waals surface area contributed by atoms with Crippen LogP contribution in [0.3, 0.4) is 0 Å². The second-order valence-corrected chi connectivity index (χ2v) is 4.90. The molecular formula is C11H13BrN2O3. The van der Waals surface area contributed by atoms with Gasteiger partial charge >= 0.3 is 6.09 Å². The van der Waals surface area contributed by atoms with Gasteiger partial charge < -0.3 is 15.1 Å². The maximum absolute atomic E-state index is 11.1. The van der Waals surface area contributed by atoms with E-state index >= 15 is 0 Å². The first-order valence-electron chi connectivity index (χ1n) is 5.37. The van der Waals surface area contributed by atoms with Crippen molar-refractivity contribution in [3.05, 3.63) is 28.5 Å². The van der Waals surface area contributed by atoms with E-state index < -0.39 is 12.2 Å². The van der Waals surface area contributed by atoms with Crippen molar-refractivity contribution in [2.75, 3.05) is 6.54 Å². The van der Waals surface area contributed by atoms with Crippen LogP contribution in [-0.4, -0.2) is 38.8 Å². The molecule has 6 heteroatoms. The standard InChI is InChI=1S/C11H13BrN2O3/c12-10-2-1-7(6-13-10)9-5-8(15)3-4-14(9)11(16)17/h1-2,6,8-9,15H,3-5H2,(H,16,17). The van der Waals surface area contributed by atoms with Gasteiger partial charge in [0.2, 0.25) is 0 Å². The van der Waals surface area contributed by atoms with E-state index in [-0.39, 0.29) is 6.04 Å². The zero-order valence-electron chi connectivity index (χ0n) is 9.08. The lowest BCUT2D eigenvalue weighted by Crippen LogP contribution is -2.41. The Balaban J connectivity index is 2.25. The number of likely N-dealkylation sites (tertiary alicyclic amines) is 1. The summed E-state index contributed by atoms with van der Waals surface area (Å²) >= 11 is 3.23. The highest BCUT2D eigenvalue weighted by molar-refractivity contribution is 9.10. The molecule has 1 aliphatic heterocycles. The van der Waals surface area contributed by atoms with Crippen LogP contribution in [0, 0.1) is 0 Å². The lowest BCUT2D eigenvalue weighted by Gasteiger charge is -2.36. The number of halogens is 1. The van der Waals surface area contributed by atoms with Gasteiger partial charge in [-0.15, -0.1) is 0 Å². The van der Waals surface area contributed by atoms with Crippen molar-refractivity contribution in [2.45, 2.75) is 25.0 Å². The predicted octanol–water partition coefficient (Wildman–Crippen LogP) is 2.02. The molecule has 2 heterocycles. The van der Waals surface area contributed by atoms with E-state index in [0.29, 0.717) is 24.0 Å². The van der Waals surface area contributed by atoms with E-state index in [4.69, 9.17) is 5.11 Å². The normalized spacial score (nSPS) is 24.7. The molecule has 1 saturated heterocycles. The third kappa shape index (κ3) is 2.76. The van der Waals surface area contributed by atoms with Crippen LogP contribution in [0.4, 0.5) is 4.79 Å². The number of amides is 1. The largest absolute Gasteiger partial charge is 0.465 e. The fraction of sp³-hybridized carbons (Fsp3) is 0.455. The van der Waals surface area contributed by atoms with Crippen LogP contribution in [-0.2, 0) is 0 Å².